The number of nitrogens with zero attached hydrogens (tertiary/aromatic N) is 2. The smallest absolute Gasteiger partial charge is 0.428 e. The van der Waals surface area contributed by atoms with Crippen LogP contribution in [0.25, 0.3) is 11.0 Å². The van der Waals surface area contributed by atoms with Crippen molar-refractivity contribution < 1.29 is 9.23 Å². The molecule has 1 aliphatic heterocycles. The van der Waals surface area contributed by atoms with E-state index < -0.39 is 16.8 Å². The molecule has 0 spiro atoms. The third kappa shape index (κ3) is 2.96. The van der Waals surface area contributed by atoms with Crippen LogP contribution in [-0.2, 0) is 9.71 Å². The first-order valence-electron chi connectivity index (χ1n) is 8.58. The van der Waals surface area contributed by atoms with Crippen molar-refractivity contribution in [3.05, 3.63) is 24.0 Å². The lowest BCUT2D eigenvalue weighted by atomic mass is 9.66. The first-order chi connectivity index (χ1) is 12.0. The quantitative estimate of drug-likeness (QED) is 0.445. The van der Waals surface area contributed by atoms with Crippen LogP contribution in [0.4, 0.5) is 0 Å². The first kappa shape index (κ1) is 16.6. The Labute approximate surface area is 147 Å². The Morgan fingerprint density at radius 3 is 3.08 bits per heavy atom. The molecule has 4 N–H and O–H groups in total. The normalized spacial score (nSPS) is 24.9. The Kier molecular flexibility index (Phi) is 4.09. The Hall–Kier alpha value is -1.84. The van der Waals surface area contributed by atoms with Gasteiger partial charge in [0, 0.05) is 56.2 Å². The standard InChI is InChI=1S/C16H22BN5O2S/c1-3-6-25(2,24)21-11-7-10(8-11)15-14-12-4-5-18-16(12)19-9-13(14)17(23)22-20-15/h4-5,9-11,22-23H,2-3,6-8H2,1H3,(H,18,19)(H,21,24). The number of aromatic nitrogens is 2. The summed E-state index contributed by atoms with van der Waals surface area (Å²) >= 11 is 0. The van der Waals surface area contributed by atoms with E-state index >= 15 is 0 Å². The van der Waals surface area contributed by atoms with Crippen LogP contribution in [0.5, 0.6) is 0 Å². The fraction of sp³-hybridized carbons (Fsp3) is 0.438. The van der Waals surface area contributed by atoms with Gasteiger partial charge in [-0.3, -0.25) is 4.21 Å². The summed E-state index contributed by atoms with van der Waals surface area (Å²) in [6.45, 7) is 2.01. The molecule has 1 aliphatic carbocycles. The van der Waals surface area contributed by atoms with Gasteiger partial charge in [0.2, 0.25) is 0 Å². The molecule has 132 valence electrons. The van der Waals surface area contributed by atoms with Crippen LogP contribution in [0.15, 0.2) is 23.6 Å². The zero-order valence-electron chi connectivity index (χ0n) is 14.2. The minimum atomic E-state index is -2.20. The van der Waals surface area contributed by atoms with Crippen LogP contribution in [0.1, 0.15) is 31.7 Å². The van der Waals surface area contributed by atoms with Crippen molar-refractivity contribution in [2.45, 2.75) is 32.2 Å². The molecule has 3 heterocycles. The first-order valence-corrected chi connectivity index (χ1v) is 10.5. The van der Waals surface area contributed by atoms with Gasteiger partial charge in [-0.1, -0.05) is 6.92 Å². The summed E-state index contributed by atoms with van der Waals surface area (Å²) < 4.78 is 15.5. The van der Waals surface area contributed by atoms with E-state index in [1.54, 1.807) is 6.20 Å². The average molecular weight is 359 g/mol. The minimum Gasteiger partial charge on any atom is -0.428 e. The molecule has 1 fully saturated rings. The number of hydrazone groups is 1. The topological polar surface area (TPSA) is 102 Å². The van der Waals surface area contributed by atoms with Gasteiger partial charge in [0.25, 0.3) is 0 Å². The number of H-pyrrole nitrogens is 1. The summed E-state index contributed by atoms with van der Waals surface area (Å²) in [5.74, 6) is 4.68. The molecule has 9 heteroatoms. The summed E-state index contributed by atoms with van der Waals surface area (Å²) in [5.41, 5.74) is 3.44. The number of aromatic amines is 1. The number of hydrogen-bond donors (Lipinski definition) is 4. The van der Waals surface area contributed by atoms with Crippen molar-refractivity contribution in [1.82, 2.24) is 20.0 Å². The van der Waals surface area contributed by atoms with E-state index in [0.717, 1.165) is 47.0 Å². The van der Waals surface area contributed by atoms with Gasteiger partial charge in [-0.25, -0.2) is 9.71 Å². The molecule has 0 amide bonds. The lowest BCUT2D eigenvalue weighted by Gasteiger charge is -2.39. The van der Waals surface area contributed by atoms with E-state index in [1.807, 2.05) is 19.2 Å². The fourth-order valence-corrected chi connectivity index (χ4v) is 5.28. The van der Waals surface area contributed by atoms with Crippen LogP contribution in [0.2, 0.25) is 0 Å². The van der Waals surface area contributed by atoms with Crippen LogP contribution in [-0.4, -0.2) is 49.6 Å². The van der Waals surface area contributed by atoms with E-state index in [2.05, 4.69) is 31.0 Å². The predicted octanol–water partition coefficient (Wildman–Crippen LogP) is -0.0327. The van der Waals surface area contributed by atoms with Crippen LogP contribution >= 0.6 is 0 Å². The lowest BCUT2D eigenvalue weighted by Crippen LogP contribution is -2.54. The maximum absolute atomic E-state index is 12.3. The molecule has 0 radical (unpaired) electrons. The SMILES string of the molecule is C=S(=O)(CCC)NC1CC(C2=NNB(O)c3cnc4[nH]ccc4c32)C1. The highest BCUT2D eigenvalue weighted by molar-refractivity contribution is 7.98. The molecular weight excluding hydrogens is 337 g/mol. The number of rotatable bonds is 5. The number of nitrogens with one attached hydrogen (secondary N) is 3. The minimum absolute atomic E-state index is 0.197. The molecule has 2 aromatic rings. The highest BCUT2D eigenvalue weighted by atomic mass is 32.2. The number of pyridine rings is 1. The average Bonchev–Trinajstić information content (AvgIpc) is 3.00. The second-order valence-electron chi connectivity index (χ2n) is 6.86. The highest BCUT2D eigenvalue weighted by Gasteiger charge is 2.39. The molecule has 7 nitrogen and oxygen atoms in total. The van der Waals surface area contributed by atoms with Crippen LogP contribution in [0.3, 0.4) is 0 Å². The molecule has 0 bridgehead atoms. The zero-order chi connectivity index (χ0) is 17.6. The largest absolute Gasteiger partial charge is 0.465 e. The van der Waals surface area contributed by atoms with Gasteiger partial charge in [-0.2, -0.15) is 5.10 Å². The van der Waals surface area contributed by atoms with Crippen molar-refractivity contribution in [3.63, 3.8) is 0 Å². The summed E-state index contributed by atoms with van der Waals surface area (Å²) in [6.07, 6.45) is 6.11. The van der Waals surface area contributed by atoms with E-state index in [1.165, 1.54) is 0 Å². The van der Waals surface area contributed by atoms with E-state index in [0.29, 0.717) is 5.75 Å². The monoisotopic (exact) mass is 359 g/mol. The van der Waals surface area contributed by atoms with Gasteiger partial charge in [-0.15, -0.1) is 0 Å². The Morgan fingerprint density at radius 2 is 2.32 bits per heavy atom. The highest BCUT2D eigenvalue weighted by Crippen LogP contribution is 2.33. The third-order valence-electron chi connectivity index (χ3n) is 4.91. The van der Waals surface area contributed by atoms with Gasteiger partial charge in [0.05, 0.1) is 5.71 Å². The van der Waals surface area contributed by atoms with Crippen molar-refractivity contribution in [1.29, 1.82) is 0 Å². The molecular formula is C16H22BN5O2S. The van der Waals surface area contributed by atoms with Crippen LogP contribution < -0.4 is 15.5 Å². The molecule has 4 rings (SSSR count). The van der Waals surface area contributed by atoms with Crippen molar-refractivity contribution in [2.75, 3.05) is 5.75 Å². The molecule has 25 heavy (non-hydrogen) atoms. The lowest BCUT2D eigenvalue weighted by molar-refractivity contribution is 0.323. The van der Waals surface area contributed by atoms with E-state index in [4.69, 9.17) is 0 Å². The molecule has 0 aromatic carbocycles. The Balaban J connectivity index is 1.57. The van der Waals surface area contributed by atoms with Gasteiger partial charge >= 0.3 is 7.05 Å². The Bertz CT molecular complexity index is 933. The maximum Gasteiger partial charge on any atom is 0.465 e. The summed E-state index contributed by atoms with van der Waals surface area (Å²) in [4.78, 5) is 7.46. The number of hydrogen-bond acceptors (Lipinski definition) is 5. The number of fused-ring (bicyclic) bond motifs is 3. The third-order valence-corrected chi connectivity index (χ3v) is 6.74. The molecule has 0 saturated heterocycles. The van der Waals surface area contributed by atoms with E-state index in [9.17, 15) is 9.23 Å². The van der Waals surface area contributed by atoms with Crippen LogP contribution in [0, 0.1) is 5.92 Å². The second-order valence-corrected chi connectivity index (χ2v) is 9.12. The fourth-order valence-electron chi connectivity index (χ4n) is 3.70. The molecule has 2 aromatic heterocycles. The zero-order valence-corrected chi connectivity index (χ0v) is 15.0. The van der Waals surface area contributed by atoms with Gasteiger partial charge < -0.3 is 15.3 Å². The molecule has 1 atom stereocenters. The summed E-state index contributed by atoms with van der Waals surface area (Å²) in [6, 6.07) is 2.16. The van der Waals surface area contributed by atoms with Gasteiger partial charge in [0.15, 0.2) is 0 Å². The predicted molar refractivity (Wildman–Crippen MR) is 103 cm³/mol. The van der Waals surface area contributed by atoms with E-state index in [-0.39, 0.29) is 12.0 Å². The van der Waals surface area contributed by atoms with Crippen molar-refractivity contribution in [3.8, 4) is 0 Å². The molecule has 1 saturated carbocycles. The molecule has 1 unspecified atom stereocenters. The van der Waals surface area contributed by atoms with Crippen molar-refractivity contribution >= 4 is 44.8 Å². The van der Waals surface area contributed by atoms with Crippen molar-refractivity contribution in [2.24, 2.45) is 11.0 Å². The summed E-state index contributed by atoms with van der Waals surface area (Å²) in [7, 11) is -3.05. The summed E-state index contributed by atoms with van der Waals surface area (Å²) in [5, 5.41) is 18.4. The molecule has 2 aliphatic rings. The van der Waals surface area contributed by atoms with Gasteiger partial charge in [0.1, 0.15) is 5.65 Å². The maximum atomic E-state index is 12.3. The second kappa shape index (κ2) is 6.15. The van der Waals surface area contributed by atoms with Gasteiger partial charge in [-0.05, 0) is 31.2 Å². The Morgan fingerprint density at radius 1 is 1.52 bits per heavy atom.